The standard InChI is InChI=1S/C10H12ClNO3S2/c1-17(14,15)7-4-5-12(6-7)10(13)8-2-3-9(11)16-8/h2-3,7H,4-6H2,1H3/t7-/m1/s1. The molecule has 1 saturated heterocycles. The summed E-state index contributed by atoms with van der Waals surface area (Å²) in [5, 5.41) is -0.429. The third-order valence-electron chi connectivity index (χ3n) is 2.82. The van der Waals surface area contributed by atoms with Crippen molar-refractivity contribution in [3.63, 3.8) is 0 Å². The van der Waals surface area contributed by atoms with Crippen molar-refractivity contribution in [2.75, 3.05) is 19.3 Å². The first-order valence-electron chi connectivity index (χ1n) is 5.11. The van der Waals surface area contributed by atoms with Crippen LogP contribution in [0.1, 0.15) is 16.1 Å². The van der Waals surface area contributed by atoms with Gasteiger partial charge in [0.05, 0.1) is 14.5 Å². The van der Waals surface area contributed by atoms with E-state index in [-0.39, 0.29) is 12.5 Å². The highest BCUT2D eigenvalue weighted by Crippen LogP contribution is 2.25. The van der Waals surface area contributed by atoms with Gasteiger partial charge in [-0.15, -0.1) is 11.3 Å². The van der Waals surface area contributed by atoms with Gasteiger partial charge in [0.15, 0.2) is 9.84 Å². The minimum Gasteiger partial charge on any atom is -0.337 e. The number of carbonyl (C=O) groups excluding carboxylic acids is 1. The van der Waals surface area contributed by atoms with Crippen molar-refractivity contribution >= 4 is 38.7 Å². The van der Waals surface area contributed by atoms with E-state index in [2.05, 4.69) is 0 Å². The van der Waals surface area contributed by atoms with E-state index >= 15 is 0 Å². The molecule has 0 saturated carbocycles. The van der Waals surface area contributed by atoms with Crippen molar-refractivity contribution < 1.29 is 13.2 Å². The second-order valence-corrected chi connectivity index (χ2v) is 8.14. The maximum Gasteiger partial charge on any atom is 0.264 e. The van der Waals surface area contributed by atoms with Crippen LogP contribution in [0.3, 0.4) is 0 Å². The summed E-state index contributed by atoms with van der Waals surface area (Å²) in [4.78, 5) is 14.2. The molecule has 94 valence electrons. The summed E-state index contributed by atoms with van der Waals surface area (Å²) in [6.45, 7) is 0.777. The Kier molecular flexibility index (Phi) is 3.47. The molecule has 0 spiro atoms. The van der Waals surface area contributed by atoms with Crippen LogP contribution in [-0.4, -0.2) is 43.8 Å². The first kappa shape index (κ1) is 12.9. The highest BCUT2D eigenvalue weighted by Gasteiger charge is 2.33. The summed E-state index contributed by atoms with van der Waals surface area (Å²) in [6, 6.07) is 3.34. The molecule has 1 fully saturated rings. The van der Waals surface area contributed by atoms with Gasteiger partial charge in [-0.3, -0.25) is 4.79 Å². The quantitative estimate of drug-likeness (QED) is 0.833. The third kappa shape index (κ3) is 2.81. The lowest BCUT2D eigenvalue weighted by atomic mass is 10.4. The van der Waals surface area contributed by atoms with Crippen molar-refractivity contribution in [3.05, 3.63) is 21.3 Å². The molecule has 0 aliphatic carbocycles. The van der Waals surface area contributed by atoms with E-state index < -0.39 is 15.1 Å². The molecular weight excluding hydrogens is 282 g/mol. The van der Waals surface area contributed by atoms with Crippen molar-refractivity contribution in [2.45, 2.75) is 11.7 Å². The van der Waals surface area contributed by atoms with Crippen molar-refractivity contribution in [1.29, 1.82) is 0 Å². The zero-order valence-corrected chi connectivity index (χ0v) is 11.6. The smallest absolute Gasteiger partial charge is 0.264 e. The van der Waals surface area contributed by atoms with Gasteiger partial charge < -0.3 is 4.90 Å². The number of rotatable bonds is 2. The van der Waals surface area contributed by atoms with E-state index in [4.69, 9.17) is 11.6 Å². The Morgan fingerprint density at radius 3 is 2.71 bits per heavy atom. The number of sulfone groups is 1. The van der Waals surface area contributed by atoms with Gasteiger partial charge in [-0.2, -0.15) is 0 Å². The summed E-state index contributed by atoms with van der Waals surface area (Å²) in [7, 11) is -3.06. The van der Waals surface area contributed by atoms with Gasteiger partial charge in [-0.05, 0) is 18.6 Å². The lowest BCUT2D eigenvalue weighted by molar-refractivity contribution is 0.0798. The number of hydrogen-bond donors (Lipinski definition) is 0. The predicted octanol–water partition coefficient (Wildman–Crippen LogP) is 1.66. The summed E-state index contributed by atoms with van der Waals surface area (Å²) in [5.74, 6) is -0.131. The average molecular weight is 294 g/mol. The molecule has 1 aromatic heterocycles. The van der Waals surface area contributed by atoms with Crippen LogP contribution in [-0.2, 0) is 9.84 Å². The fourth-order valence-corrected chi connectivity index (χ4v) is 3.84. The average Bonchev–Trinajstić information content (AvgIpc) is 2.83. The Balaban J connectivity index is 2.09. The van der Waals surface area contributed by atoms with Crippen LogP contribution >= 0.6 is 22.9 Å². The Labute approximate surface area is 109 Å². The highest BCUT2D eigenvalue weighted by atomic mass is 35.5. The third-order valence-corrected chi connectivity index (χ3v) is 5.64. The number of hydrogen-bond acceptors (Lipinski definition) is 4. The van der Waals surface area contributed by atoms with Crippen LogP contribution < -0.4 is 0 Å². The van der Waals surface area contributed by atoms with Crippen LogP contribution in [0, 0.1) is 0 Å². The van der Waals surface area contributed by atoms with Crippen LogP contribution in [0.4, 0.5) is 0 Å². The van der Waals surface area contributed by atoms with E-state index in [1.807, 2.05) is 0 Å². The van der Waals surface area contributed by atoms with Gasteiger partial charge >= 0.3 is 0 Å². The zero-order valence-electron chi connectivity index (χ0n) is 9.22. The van der Waals surface area contributed by atoms with Crippen molar-refractivity contribution in [2.24, 2.45) is 0 Å². The van der Waals surface area contributed by atoms with Crippen molar-refractivity contribution in [1.82, 2.24) is 4.90 Å². The number of amides is 1. The number of nitrogens with zero attached hydrogens (tertiary/aromatic N) is 1. The molecule has 1 aliphatic heterocycles. The fourth-order valence-electron chi connectivity index (χ4n) is 1.85. The lowest BCUT2D eigenvalue weighted by Gasteiger charge is -2.14. The number of halogens is 1. The first-order chi connectivity index (χ1) is 7.88. The number of thiophene rings is 1. The highest BCUT2D eigenvalue weighted by molar-refractivity contribution is 7.91. The molecule has 2 heterocycles. The largest absolute Gasteiger partial charge is 0.337 e. The van der Waals surface area contributed by atoms with E-state index in [9.17, 15) is 13.2 Å². The predicted molar refractivity (Wildman–Crippen MR) is 68.5 cm³/mol. The van der Waals surface area contributed by atoms with E-state index in [0.29, 0.717) is 22.2 Å². The van der Waals surface area contributed by atoms with Crippen LogP contribution in [0.2, 0.25) is 4.34 Å². The molecule has 7 heteroatoms. The molecule has 0 aromatic carbocycles. The molecule has 1 atom stereocenters. The van der Waals surface area contributed by atoms with Crippen molar-refractivity contribution in [3.8, 4) is 0 Å². The topological polar surface area (TPSA) is 54.5 Å². The first-order valence-corrected chi connectivity index (χ1v) is 8.26. The second-order valence-electron chi connectivity index (χ2n) is 4.10. The van der Waals surface area contributed by atoms with Gasteiger partial charge in [-0.1, -0.05) is 11.6 Å². The number of likely N-dealkylation sites (tertiary alicyclic amines) is 1. The molecule has 1 aromatic rings. The minimum atomic E-state index is -3.06. The molecule has 0 radical (unpaired) electrons. The van der Waals surface area contributed by atoms with Gasteiger partial charge in [0.1, 0.15) is 0 Å². The molecule has 1 amide bonds. The Bertz CT molecular complexity index is 538. The minimum absolute atomic E-state index is 0.131. The normalized spacial score (nSPS) is 20.8. The summed E-state index contributed by atoms with van der Waals surface area (Å²) in [5.41, 5.74) is 0. The molecular formula is C10H12ClNO3S2. The van der Waals surface area contributed by atoms with Gasteiger partial charge in [0.25, 0.3) is 5.91 Å². The molecule has 4 nitrogen and oxygen atoms in total. The van der Waals surface area contributed by atoms with E-state index in [1.165, 1.54) is 17.6 Å². The molecule has 0 unspecified atom stereocenters. The van der Waals surface area contributed by atoms with Gasteiger partial charge in [-0.25, -0.2) is 8.42 Å². The fraction of sp³-hybridized carbons (Fsp3) is 0.500. The Morgan fingerprint density at radius 1 is 1.53 bits per heavy atom. The zero-order chi connectivity index (χ0) is 12.6. The monoisotopic (exact) mass is 293 g/mol. The maximum absolute atomic E-state index is 12.0. The van der Waals surface area contributed by atoms with E-state index in [0.717, 1.165) is 0 Å². The SMILES string of the molecule is CS(=O)(=O)[C@@H]1CCN(C(=O)c2ccc(Cl)s2)C1. The van der Waals surface area contributed by atoms with Crippen LogP contribution in [0.5, 0.6) is 0 Å². The molecule has 0 N–H and O–H groups in total. The summed E-state index contributed by atoms with van der Waals surface area (Å²) >= 11 is 6.98. The summed E-state index contributed by atoms with van der Waals surface area (Å²) in [6.07, 6.45) is 1.73. The second kappa shape index (κ2) is 4.59. The van der Waals surface area contributed by atoms with E-state index in [1.54, 1.807) is 17.0 Å². The molecule has 1 aliphatic rings. The summed E-state index contributed by atoms with van der Waals surface area (Å²) < 4.78 is 23.3. The Morgan fingerprint density at radius 2 is 2.24 bits per heavy atom. The van der Waals surface area contributed by atoms with Crippen LogP contribution in [0.25, 0.3) is 0 Å². The maximum atomic E-state index is 12.0. The van der Waals surface area contributed by atoms with Gasteiger partial charge in [0.2, 0.25) is 0 Å². The lowest BCUT2D eigenvalue weighted by Crippen LogP contribution is -2.31. The molecule has 17 heavy (non-hydrogen) atoms. The van der Waals surface area contributed by atoms with Gasteiger partial charge in [0, 0.05) is 19.3 Å². The molecule has 0 bridgehead atoms. The Hall–Kier alpha value is -0.590. The number of carbonyl (C=O) groups is 1. The van der Waals surface area contributed by atoms with Crippen LogP contribution in [0.15, 0.2) is 12.1 Å². The molecule has 2 rings (SSSR count).